The summed E-state index contributed by atoms with van der Waals surface area (Å²) >= 11 is 7.89. The van der Waals surface area contributed by atoms with Crippen molar-refractivity contribution in [3.8, 4) is 11.3 Å². The lowest BCUT2D eigenvalue weighted by atomic mass is 10.1. The molecule has 0 atom stereocenters. The van der Waals surface area contributed by atoms with E-state index < -0.39 is 0 Å². The molecule has 0 unspecified atom stereocenters. The van der Waals surface area contributed by atoms with Gasteiger partial charge in [0, 0.05) is 29.8 Å². The van der Waals surface area contributed by atoms with E-state index in [-0.39, 0.29) is 0 Å². The highest BCUT2D eigenvalue weighted by atomic mass is 35.5. The van der Waals surface area contributed by atoms with Crippen molar-refractivity contribution in [3.05, 3.63) is 33.9 Å². The van der Waals surface area contributed by atoms with Crippen LogP contribution >= 0.6 is 22.9 Å². The Morgan fingerprint density at radius 1 is 1.33 bits per heavy atom. The monoisotopic (exact) mass is 278 g/mol. The van der Waals surface area contributed by atoms with Gasteiger partial charge >= 0.3 is 0 Å². The van der Waals surface area contributed by atoms with E-state index in [9.17, 15) is 0 Å². The van der Waals surface area contributed by atoms with E-state index in [1.54, 1.807) is 23.7 Å². The minimum absolute atomic E-state index is 0.676. The van der Waals surface area contributed by atoms with E-state index in [1.165, 1.54) is 30.7 Å². The highest BCUT2D eigenvalue weighted by molar-refractivity contribution is 7.09. The van der Waals surface area contributed by atoms with Gasteiger partial charge in [0.15, 0.2) is 0 Å². The van der Waals surface area contributed by atoms with Gasteiger partial charge in [-0.3, -0.25) is 4.98 Å². The van der Waals surface area contributed by atoms with Crippen LogP contribution in [0.15, 0.2) is 23.8 Å². The zero-order chi connectivity index (χ0) is 12.4. The number of halogens is 1. The molecular formula is C14H15ClN2S. The fraction of sp³-hybridized carbons (Fsp3) is 0.429. The van der Waals surface area contributed by atoms with Crippen molar-refractivity contribution in [1.82, 2.24) is 9.97 Å². The molecule has 0 amide bonds. The molecular weight excluding hydrogens is 264 g/mol. The quantitative estimate of drug-likeness (QED) is 0.820. The second-order valence-corrected chi connectivity index (χ2v) is 6.19. The first-order valence-corrected chi connectivity index (χ1v) is 7.63. The molecule has 2 nitrogen and oxygen atoms in total. The zero-order valence-electron chi connectivity index (χ0n) is 10.1. The SMILES string of the molecule is Clc1cnccc1-c1csc(CC2CCCC2)n1. The molecule has 2 aromatic heterocycles. The summed E-state index contributed by atoms with van der Waals surface area (Å²) in [7, 11) is 0. The summed E-state index contributed by atoms with van der Waals surface area (Å²) in [6, 6.07) is 1.93. The zero-order valence-corrected chi connectivity index (χ0v) is 11.7. The number of hydrogen-bond donors (Lipinski definition) is 0. The van der Waals surface area contributed by atoms with E-state index in [4.69, 9.17) is 16.6 Å². The Labute approximate surface area is 116 Å². The summed E-state index contributed by atoms with van der Waals surface area (Å²) in [4.78, 5) is 8.72. The van der Waals surface area contributed by atoms with Crippen molar-refractivity contribution in [2.75, 3.05) is 0 Å². The normalized spacial score (nSPS) is 16.3. The maximum Gasteiger partial charge on any atom is 0.0935 e. The number of pyridine rings is 1. The van der Waals surface area contributed by atoms with Gasteiger partial charge in [0.05, 0.1) is 15.7 Å². The first-order valence-electron chi connectivity index (χ1n) is 6.37. The Balaban J connectivity index is 1.79. The van der Waals surface area contributed by atoms with Crippen LogP contribution in [-0.4, -0.2) is 9.97 Å². The molecule has 0 aliphatic heterocycles. The number of thiazole rings is 1. The molecule has 1 aliphatic carbocycles. The molecule has 4 heteroatoms. The molecule has 2 heterocycles. The van der Waals surface area contributed by atoms with Crippen LogP contribution in [0.1, 0.15) is 30.7 Å². The standard InChI is InChI=1S/C14H15ClN2S/c15-12-8-16-6-5-11(12)13-9-18-14(17-13)7-10-3-1-2-4-10/h5-6,8-10H,1-4,7H2. The molecule has 0 aromatic carbocycles. The predicted molar refractivity (Wildman–Crippen MR) is 76.0 cm³/mol. The van der Waals surface area contributed by atoms with Gasteiger partial charge in [-0.25, -0.2) is 4.98 Å². The van der Waals surface area contributed by atoms with Crippen molar-refractivity contribution in [3.63, 3.8) is 0 Å². The smallest absolute Gasteiger partial charge is 0.0935 e. The molecule has 94 valence electrons. The molecule has 0 radical (unpaired) electrons. The van der Waals surface area contributed by atoms with Gasteiger partial charge in [0.2, 0.25) is 0 Å². The molecule has 0 spiro atoms. The third-order valence-electron chi connectivity index (χ3n) is 3.54. The van der Waals surface area contributed by atoms with Crippen LogP contribution in [0.25, 0.3) is 11.3 Å². The van der Waals surface area contributed by atoms with Crippen LogP contribution in [0.2, 0.25) is 5.02 Å². The molecule has 0 N–H and O–H groups in total. The molecule has 2 aromatic rings. The van der Waals surface area contributed by atoms with Crippen LogP contribution in [0.3, 0.4) is 0 Å². The molecule has 1 saturated carbocycles. The summed E-state index contributed by atoms with van der Waals surface area (Å²) in [5, 5.41) is 4.02. The van der Waals surface area contributed by atoms with Crippen molar-refractivity contribution in [1.29, 1.82) is 0 Å². The highest BCUT2D eigenvalue weighted by Gasteiger charge is 2.17. The number of rotatable bonds is 3. The van der Waals surface area contributed by atoms with E-state index >= 15 is 0 Å². The molecule has 0 bridgehead atoms. The lowest BCUT2D eigenvalue weighted by Crippen LogP contribution is -1.97. The lowest BCUT2D eigenvalue weighted by molar-refractivity contribution is 0.545. The van der Waals surface area contributed by atoms with Crippen molar-refractivity contribution >= 4 is 22.9 Å². The summed E-state index contributed by atoms with van der Waals surface area (Å²) in [5.41, 5.74) is 1.97. The number of nitrogens with zero attached hydrogens (tertiary/aromatic N) is 2. The molecule has 1 aliphatic rings. The summed E-state index contributed by atoms with van der Waals surface area (Å²) in [6.07, 6.45) is 10.1. The van der Waals surface area contributed by atoms with Gasteiger partial charge in [0.25, 0.3) is 0 Å². The fourth-order valence-corrected chi connectivity index (χ4v) is 3.70. The van der Waals surface area contributed by atoms with Gasteiger partial charge in [-0.05, 0) is 12.0 Å². The van der Waals surface area contributed by atoms with Gasteiger partial charge < -0.3 is 0 Å². The maximum absolute atomic E-state index is 6.14. The molecule has 1 fully saturated rings. The van der Waals surface area contributed by atoms with Crippen LogP contribution in [0.4, 0.5) is 0 Å². The van der Waals surface area contributed by atoms with E-state index in [1.807, 2.05) is 6.07 Å². The van der Waals surface area contributed by atoms with Crippen molar-refractivity contribution < 1.29 is 0 Å². The van der Waals surface area contributed by atoms with Gasteiger partial charge in [-0.15, -0.1) is 11.3 Å². The Morgan fingerprint density at radius 3 is 2.94 bits per heavy atom. The lowest BCUT2D eigenvalue weighted by Gasteiger charge is -2.04. The van der Waals surface area contributed by atoms with Crippen molar-refractivity contribution in [2.24, 2.45) is 5.92 Å². The highest BCUT2D eigenvalue weighted by Crippen LogP contribution is 2.32. The largest absolute Gasteiger partial charge is 0.263 e. The third kappa shape index (κ3) is 2.57. The summed E-state index contributed by atoms with van der Waals surface area (Å²) < 4.78 is 0. The predicted octanol–water partition coefficient (Wildman–Crippen LogP) is 4.59. The fourth-order valence-electron chi connectivity index (χ4n) is 2.57. The summed E-state index contributed by atoms with van der Waals surface area (Å²) in [6.45, 7) is 0. The first-order chi connectivity index (χ1) is 8.83. The Bertz CT molecular complexity index is 532. The number of hydrogen-bond acceptors (Lipinski definition) is 3. The average Bonchev–Trinajstić information content (AvgIpc) is 3.02. The topological polar surface area (TPSA) is 25.8 Å². The van der Waals surface area contributed by atoms with E-state index in [0.29, 0.717) is 5.02 Å². The van der Waals surface area contributed by atoms with E-state index in [0.717, 1.165) is 23.6 Å². The molecule has 0 saturated heterocycles. The van der Waals surface area contributed by atoms with Gasteiger partial charge in [-0.2, -0.15) is 0 Å². The first kappa shape index (κ1) is 12.1. The van der Waals surface area contributed by atoms with Crippen molar-refractivity contribution in [2.45, 2.75) is 32.1 Å². The van der Waals surface area contributed by atoms with Crippen LogP contribution in [0, 0.1) is 5.92 Å². The Kier molecular flexibility index (Phi) is 3.62. The van der Waals surface area contributed by atoms with Gasteiger partial charge in [0.1, 0.15) is 0 Å². The van der Waals surface area contributed by atoms with Gasteiger partial charge in [-0.1, -0.05) is 37.3 Å². The molecule has 3 rings (SSSR count). The average molecular weight is 279 g/mol. The minimum Gasteiger partial charge on any atom is -0.263 e. The second kappa shape index (κ2) is 5.37. The third-order valence-corrected chi connectivity index (χ3v) is 4.71. The second-order valence-electron chi connectivity index (χ2n) is 4.84. The Morgan fingerprint density at radius 2 is 2.17 bits per heavy atom. The molecule has 18 heavy (non-hydrogen) atoms. The Hall–Kier alpha value is -0.930. The van der Waals surface area contributed by atoms with E-state index in [2.05, 4.69) is 10.4 Å². The van der Waals surface area contributed by atoms with Crippen LogP contribution in [-0.2, 0) is 6.42 Å². The maximum atomic E-state index is 6.14. The van der Waals surface area contributed by atoms with Crippen LogP contribution in [0.5, 0.6) is 0 Å². The number of aromatic nitrogens is 2. The minimum atomic E-state index is 0.676. The van der Waals surface area contributed by atoms with Crippen LogP contribution < -0.4 is 0 Å². The summed E-state index contributed by atoms with van der Waals surface area (Å²) in [5.74, 6) is 0.844.